The molecule has 88 valence electrons. The molecule has 2 N–H and O–H groups in total. The minimum Gasteiger partial charge on any atom is -0.346 e. The van der Waals surface area contributed by atoms with Crippen LogP contribution in [0.4, 0.5) is 0 Å². The third-order valence-electron chi connectivity index (χ3n) is 3.21. The Bertz CT molecular complexity index is 344. The van der Waals surface area contributed by atoms with Gasteiger partial charge in [-0.25, -0.2) is 0 Å². The topological polar surface area (TPSA) is 57.8 Å². The van der Waals surface area contributed by atoms with Gasteiger partial charge < -0.3 is 5.32 Å². The average Bonchev–Trinajstić information content (AvgIpc) is 2.84. The number of amides is 1. The minimum absolute atomic E-state index is 0.0323. The Morgan fingerprint density at radius 1 is 1.50 bits per heavy atom. The zero-order valence-corrected chi connectivity index (χ0v) is 10.7. The number of carbonyl (C=O) groups is 1. The van der Waals surface area contributed by atoms with Crippen LogP contribution in [-0.4, -0.2) is 27.0 Å². The van der Waals surface area contributed by atoms with Gasteiger partial charge in [-0.15, -0.1) is 0 Å². The van der Waals surface area contributed by atoms with Crippen molar-refractivity contribution in [2.75, 3.05) is 5.33 Å². The monoisotopic (exact) mass is 285 g/mol. The summed E-state index contributed by atoms with van der Waals surface area (Å²) in [6, 6.07) is 0. The van der Waals surface area contributed by atoms with Crippen molar-refractivity contribution in [2.24, 2.45) is 0 Å². The van der Waals surface area contributed by atoms with Crippen molar-refractivity contribution in [3.63, 3.8) is 0 Å². The summed E-state index contributed by atoms with van der Waals surface area (Å²) in [6.07, 6.45) is 8.95. The van der Waals surface area contributed by atoms with Crippen molar-refractivity contribution < 1.29 is 4.79 Å². The smallest absolute Gasteiger partial charge is 0.254 e. The molecule has 0 aliphatic heterocycles. The number of rotatable bonds is 3. The van der Waals surface area contributed by atoms with E-state index in [0.29, 0.717) is 5.56 Å². The number of halogens is 1. The van der Waals surface area contributed by atoms with E-state index in [1.54, 1.807) is 12.4 Å². The zero-order chi connectivity index (χ0) is 11.4. The van der Waals surface area contributed by atoms with E-state index in [0.717, 1.165) is 18.2 Å². The maximum Gasteiger partial charge on any atom is 0.254 e. The summed E-state index contributed by atoms with van der Waals surface area (Å²) in [7, 11) is 0. The predicted octanol–water partition coefficient (Wildman–Crippen LogP) is 2.24. The lowest BCUT2D eigenvalue weighted by Crippen LogP contribution is -2.51. The van der Waals surface area contributed by atoms with E-state index in [9.17, 15) is 4.79 Å². The molecule has 0 saturated heterocycles. The van der Waals surface area contributed by atoms with Crippen LogP contribution in [-0.2, 0) is 0 Å². The Morgan fingerprint density at radius 2 is 2.25 bits per heavy atom. The fraction of sp³-hybridized carbons (Fsp3) is 0.636. The average molecular weight is 286 g/mol. The maximum atomic E-state index is 11.9. The lowest BCUT2D eigenvalue weighted by Gasteiger charge is -2.36. The van der Waals surface area contributed by atoms with Gasteiger partial charge in [-0.05, 0) is 12.8 Å². The van der Waals surface area contributed by atoms with E-state index in [-0.39, 0.29) is 11.4 Å². The first-order chi connectivity index (χ1) is 7.76. The molecule has 0 bridgehead atoms. The van der Waals surface area contributed by atoms with Crippen LogP contribution in [0.2, 0.25) is 0 Å². The molecular weight excluding hydrogens is 270 g/mol. The van der Waals surface area contributed by atoms with Crippen LogP contribution in [0, 0.1) is 0 Å². The van der Waals surface area contributed by atoms with E-state index in [2.05, 4.69) is 31.4 Å². The molecule has 0 spiro atoms. The van der Waals surface area contributed by atoms with Crippen molar-refractivity contribution in [3.8, 4) is 0 Å². The first kappa shape index (κ1) is 11.6. The van der Waals surface area contributed by atoms with Gasteiger partial charge in [0.25, 0.3) is 5.91 Å². The van der Waals surface area contributed by atoms with Gasteiger partial charge in [0.1, 0.15) is 0 Å². The molecule has 2 rings (SSSR count). The van der Waals surface area contributed by atoms with Crippen LogP contribution in [0.15, 0.2) is 12.4 Å². The maximum absolute atomic E-state index is 11.9. The normalized spacial score (nSPS) is 19.3. The lowest BCUT2D eigenvalue weighted by molar-refractivity contribution is 0.0886. The van der Waals surface area contributed by atoms with Gasteiger partial charge in [-0.2, -0.15) is 5.10 Å². The fourth-order valence-corrected chi connectivity index (χ4v) is 2.91. The van der Waals surface area contributed by atoms with E-state index in [4.69, 9.17) is 0 Å². The zero-order valence-electron chi connectivity index (χ0n) is 9.13. The van der Waals surface area contributed by atoms with Gasteiger partial charge in [-0.3, -0.25) is 9.89 Å². The number of aromatic amines is 1. The Morgan fingerprint density at radius 3 is 2.81 bits per heavy atom. The van der Waals surface area contributed by atoms with Crippen molar-refractivity contribution in [2.45, 2.75) is 37.6 Å². The summed E-state index contributed by atoms with van der Waals surface area (Å²) < 4.78 is 0. The summed E-state index contributed by atoms with van der Waals surface area (Å²) in [5.41, 5.74) is 0.540. The third kappa shape index (κ3) is 2.45. The van der Waals surface area contributed by atoms with Crippen LogP contribution in [0.5, 0.6) is 0 Å². The number of carbonyl (C=O) groups excluding carboxylic acids is 1. The molecule has 1 amide bonds. The Kier molecular flexibility index (Phi) is 3.63. The number of hydrogen-bond acceptors (Lipinski definition) is 2. The highest BCUT2D eigenvalue weighted by atomic mass is 79.9. The van der Waals surface area contributed by atoms with E-state index < -0.39 is 0 Å². The van der Waals surface area contributed by atoms with Crippen LogP contribution in [0.3, 0.4) is 0 Å². The molecule has 1 saturated carbocycles. The summed E-state index contributed by atoms with van der Waals surface area (Å²) in [5.74, 6) is -0.0323. The van der Waals surface area contributed by atoms with Crippen molar-refractivity contribution in [1.29, 1.82) is 0 Å². The van der Waals surface area contributed by atoms with Gasteiger partial charge in [0, 0.05) is 11.5 Å². The van der Waals surface area contributed by atoms with Gasteiger partial charge in [0.2, 0.25) is 0 Å². The quantitative estimate of drug-likeness (QED) is 0.837. The Hall–Kier alpha value is -0.840. The molecular formula is C11H16BrN3O. The summed E-state index contributed by atoms with van der Waals surface area (Å²) in [4.78, 5) is 11.9. The minimum atomic E-state index is -0.0629. The molecule has 0 radical (unpaired) electrons. The van der Waals surface area contributed by atoms with Gasteiger partial charge in [0.15, 0.2) is 0 Å². The van der Waals surface area contributed by atoms with Gasteiger partial charge in [-0.1, -0.05) is 35.2 Å². The first-order valence-corrected chi connectivity index (χ1v) is 6.75. The largest absolute Gasteiger partial charge is 0.346 e. The molecule has 1 aliphatic carbocycles. The molecule has 1 aliphatic rings. The summed E-state index contributed by atoms with van der Waals surface area (Å²) >= 11 is 3.52. The second-order valence-electron chi connectivity index (χ2n) is 4.42. The SMILES string of the molecule is O=C(NC1(CBr)CCCCC1)c1cn[nH]c1. The number of alkyl halides is 1. The molecule has 5 heteroatoms. The van der Waals surface area contributed by atoms with Crippen molar-refractivity contribution >= 4 is 21.8 Å². The van der Waals surface area contributed by atoms with E-state index in [1.807, 2.05) is 0 Å². The number of nitrogens with one attached hydrogen (secondary N) is 2. The van der Waals surface area contributed by atoms with Gasteiger partial charge in [0.05, 0.1) is 17.3 Å². The van der Waals surface area contributed by atoms with Crippen LogP contribution in [0.1, 0.15) is 42.5 Å². The summed E-state index contributed by atoms with van der Waals surface area (Å²) in [5, 5.41) is 10.4. The third-order valence-corrected chi connectivity index (χ3v) is 4.28. The fourth-order valence-electron chi connectivity index (χ4n) is 2.21. The molecule has 1 aromatic rings. The first-order valence-electron chi connectivity index (χ1n) is 5.63. The molecule has 1 aromatic heterocycles. The van der Waals surface area contributed by atoms with E-state index >= 15 is 0 Å². The van der Waals surface area contributed by atoms with Crippen LogP contribution < -0.4 is 5.32 Å². The number of hydrogen-bond donors (Lipinski definition) is 2. The number of H-pyrrole nitrogens is 1. The number of nitrogens with zero attached hydrogens (tertiary/aromatic N) is 1. The summed E-state index contributed by atoms with van der Waals surface area (Å²) in [6.45, 7) is 0. The van der Waals surface area contributed by atoms with Crippen LogP contribution in [0.25, 0.3) is 0 Å². The van der Waals surface area contributed by atoms with Crippen LogP contribution >= 0.6 is 15.9 Å². The highest BCUT2D eigenvalue weighted by molar-refractivity contribution is 9.09. The highest BCUT2D eigenvalue weighted by Crippen LogP contribution is 2.30. The van der Waals surface area contributed by atoms with Crippen molar-refractivity contribution in [3.05, 3.63) is 18.0 Å². The number of aromatic nitrogens is 2. The predicted molar refractivity (Wildman–Crippen MR) is 65.7 cm³/mol. The molecule has 0 unspecified atom stereocenters. The molecule has 4 nitrogen and oxygen atoms in total. The lowest BCUT2D eigenvalue weighted by atomic mass is 9.83. The van der Waals surface area contributed by atoms with E-state index in [1.165, 1.54) is 19.3 Å². The standard InChI is InChI=1S/C11H16BrN3O/c12-8-11(4-2-1-3-5-11)15-10(16)9-6-13-14-7-9/h6-7H,1-5,8H2,(H,13,14)(H,15,16). The Balaban J connectivity index is 2.03. The molecule has 0 atom stereocenters. The highest BCUT2D eigenvalue weighted by Gasteiger charge is 2.32. The molecule has 1 fully saturated rings. The molecule has 16 heavy (non-hydrogen) atoms. The second kappa shape index (κ2) is 4.99. The molecule has 1 heterocycles. The second-order valence-corrected chi connectivity index (χ2v) is 4.98. The van der Waals surface area contributed by atoms with Gasteiger partial charge >= 0.3 is 0 Å². The Labute approximate surface area is 103 Å². The van der Waals surface area contributed by atoms with Crippen molar-refractivity contribution in [1.82, 2.24) is 15.5 Å². The molecule has 0 aromatic carbocycles.